The molecule has 0 rings (SSSR count). The zero-order chi connectivity index (χ0) is 59.9. The summed E-state index contributed by atoms with van der Waals surface area (Å²) in [5.41, 5.74) is 0. The Hall–Kier alpha value is -3.15. The molecule has 0 aliphatic rings. The number of ether oxygens (including phenoxy) is 3. The predicted octanol–water partition coefficient (Wildman–Crippen LogP) is 25.2. The molecular weight excluding hydrogens is 1020 g/mol. The highest BCUT2D eigenvalue weighted by atomic mass is 16.6. The standard InChI is InChI=1S/C77H138O6/c1-4-7-10-13-16-19-22-25-28-31-33-34-35-36-37-38-39-40-41-42-44-46-49-52-55-58-61-64-67-70-76(79)82-73-74(72-81-75(78)69-66-63-60-57-54-51-48-45-30-27-24-21-18-15-12-9-6-3)83-77(80)71-68-65-62-59-56-53-50-47-43-32-29-26-23-20-17-14-11-8-5-2/h17-18,20-22,25-27,29-31,33,74H,4-16,19,23-24,28,32,34-73H2,1-3H3/b20-17-,21-18-,25-22-,29-26-,30-27-,33-31-. The number of carbonyl (C=O) groups excluding carboxylic acids is 3. The van der Waals surface area contributed by atoms with Crippen LogP contribution in [0, 0.1) is 0 Å². The van der Waals surface area contributed by atoms with Crippen molar-refractivity contribution < 1.29 is 28.6 Å². The summed E-state index contributed by atoms with van der Waals surface area (Å²) in [6.45, 7) is 6.63. The summed E-state index contributed by atoms with van der Waals surface area (Å²) in [6, 6.07) is 0. The van der Waals surface area contributed by atoms with Gasteiger partial charge in [0.25, 0.3) is 0 Å². The first-order chi connectivity index (χ1) is 41.0. The van der Waals surface area contributed by atoms with Crippen LogP contribution in [0.4, 0.5) is 0 Å². The van der Waals surface area contributed by atoms with Gasteiger partial charge in [-0.25, -0.2) is 0 Å². The Morgan fingerprint density at radius 2 is 0.434 bits per heavy atom. The molecule has 0 aliphatic carbocycles. The van der Waals surface area contributed by atoms with Crippen molar-refractivity contribution in [2.75, 3.05) is 13.2 Å². The van der Waals surface area contributed by atoms with E-state index in [1.54, 1.807) is 0 Å². The summed E-state index contributed by atoms with van der Waals surface area (Å²) in [5.74, 6) is -0.866. The second kappa shape index (κ2) is 71.3. The first kappa shape index (κ1) is 79.8. The van der Waals surface area contributed by atoms with E-state index in [1.165, 1.54) is 257 Å². The summed E-state index contributed by atoms with van der Waals surface area (Å²) in [5, 5.41) is 0. The molecule has 0 amide bonds. The van der Waals surface area contributed by atoms with Crippen LogP contribution in [0.5, 0.6) is 0 Å². The Bertz CT molecular complexity index is 1520. The molecular formula is C77H138O6. The second-order valence-electron chi connectivity index (χ2n) is 24.5. The van der Waals surface area contributed by atoms with Crippen LogP contribution >= 0.6 is 0 Å². The quantitative estimate of drug-likeness (QED) is 0.0261. The molecule has 6 nitrogen and oxygen atoms in total. The molecule has 0 spiro atoms. The van der Waals surface area contributed by atoms with Crippen molar-refractivity contribution >= 4 is 17.9 Å². The highest BCUT2D eigenvalue weighted by Gasteiger charge is 2.19. The normalized spacial score (nSPS) is 12.5. The van der Waals surface area contributed by atoms with Gasteiger partial charge in [0.05, 0.1) is 0 Å². The maximum atomic E-state index is 13.0. The minimum absolute atomic E-state index is 0.0764. The lowest BCUT2D eigenvalue weighted by molar-refractivity contribution is -0.167. The van der Waals surface area contributed by atoms with Crippen LogP contribution in [-0.4, -0.2) is 37.2 Å². The fourth-order valence-electron chi connectivity index (χ4n) is 10.7. The van der Waals surface area contributed by atoms with E-state index >= 15 is 0 Å². The monoisotopic (exact) mass is 1160 g/mol. The summed E-state index contributed by atoms with van der Waals surface area (Å²) in [6.07, 6.45) is 93.6. The highest BCUT2D eigenvalue weighted by molar-refractivity contribution is 5.71. The highest BCUT2D eigenvalue weighted by Crippen LogP contribution is 2.18. The Morgan fingerprint density at radius 3 is 0.687 bits per heavy atom. The van der Waals surface area contributed by atoms with Crippen LogP contribution < -0.4 is 0 Å². The van der Waals surface area contributed by atoms with Gasteiger partial charge in [0.1, 0.15) is 13.2 Å². The van der Waals surface area contributed by atoms with Gasteiger partial charge in [-0.15, -0.1) is 0 Å². The molecule has 0 aromatic rings. The summed E-state index contributed by atoms with van der Waals surface area (Å²) in [4.78, 5) is 38.5. The molecule has 0 aromatic carbocycles. The number of hydrogen-bond donors (Lipinski definition) is 0. The summed E-state index contributed by atoms with van der Waals surface area (Å²) >= 11 is 0. The topological polar surface area (TPSA) is 78.9 Å². The number of hydrogen-bond acceptors (Lipinski definition) is 6. The SMILES string of the molecule is CCCCC/C=C\C/C=C\CCCCCCCCCCCC(=O)OC(COC(=O)CCCCCCCCC/C=C\C/C=C\CCCCC)COC(=O)CCCCCCCCCCCCCCCCCCC/C=C\C/C=C\CCCCCCC. The predicted molar refractivity (Wildman–Crippen MR) is 362 cm³/mol. The van der Waals surface area contributed by atoms with E-state index in [1.807, 2.05) is 0 Å². The van der Waals surface area contributed by atoms with Gasteiger partial charge in [-0.3, -0.25) is 14.4 Å². The number of esters is 3. The fraction of sp³-hybridized carbons (Fsp3) is 0.805. The molecule has 482 valence electrons. The average Bonchev–Trinajstić information content (AvgIpc) is 3.49. The van der Waals surface area contributed by atoms with E-state index in [0.29, 0.717) is 19.3 Å². The molecule has 0 saturated heterocycles. The smallest absolute Gasteiger partial charge is 0.306 e. The van der Waals surface area contributed by atoms with Gasteiger partial charge in [-0.05, 0) is 116 Å². The molecule has 1 atom stereocenters. The van der Waals surface area contributed by atoms with Gasteiger partial charge in [-0.1, -0.05) is 318 Å². The van der Waals surface area contributed by atoms with Gasteiger partial charge in [-0.2, -0.15) is 0 Å². The van der Waals surface area contributed by atoms with Gasteiger partial charge in [0.2, 0.25) is 0 Å². The first-order valence-electron chi connectivity index (χ1n) is 36.4. The minimum Gasteiger partial charge on any atom is -0.462 e. The average molecular weight is 1160 g/mol. The minimum atomic E-state index is -0.782. The summed E-state index contributed by atoms with van der Waals surface area (Å²) < 4.78 is 17.0. The van der Waals surface area contributed by atoms with Crippen molar-refractivity contribution in [1.29, 1.82) is 0 Å². The molecule has 0 saturated carbocycles. The van der Waals surface area contributed by atoms with E-state index in [4.69, 9.17) is 14.2 Å². The van der Waals surface area contributed by atoms with Crippen LogP contribution in [0.25, 0.3) is 0 Å². The molecule has 0 aliphatic heterocycles. The number of allylic oxidation sites excluding steroid dienone is 12. The third kappa shape index (κ3) is 69.5. The van der Waals surface area contributed by atoms with Crippen molar-refractivity contribution in [3.05, 3.63) is 72.9 Å². The molecule has 83 heavy (non-hydrogen) atoms. The Balaban J connectivity index is 4.27. The molecule has 6 heteroatoms. The second-order valence-corrected chi connectivity index (χ2v) is 24.5. The molecule has 0 N–H and O–H groups in total. The maximum Gasteiger partial charge on any atom is 0.306 e. The number of rotatable bonds is 67. The molecule has 0 aromatic heterocycles. The van der Waals surface area contributed by atoms with Crippen molar-refractivity contribution in [3.8, 4) is 0 Å². The Kier molecular flexibility index (Phi) is 68.6. The van der Waals surface area contributed by atoms with E-state index in [0.717, 1.165) is 83.5 Å². The van der Waals surface area contributed by atoms with Crippen LogP contribution in [0.2, 0.25) is 0 Å². The summed E-state index contributed by atoms with van der Waals surface area (Å²) in [7, 11) is 0. The van der Waals surface area contributed by atoms with E-state index in [9.17, 15) is 14.4 Å². The Labute approximate surface area is 516 Å². The Morgan fingerprint density at radius 1 is 0.241 bits per heavy atom. The molecule has 0 fully saturated rings. The van der Waals surface area contributed by atoms with Crippen LogP contribution in [0.3, 0.4) is 0 Å². The van der Waals surface area contributed by atoms with E-state index in [2.05, 4.69) is 93.7 Å². The van der Waals surface area contributed by atoms with Crippen LogP contribution in [-0.2, 0) is 28.6 Å². The zero-order valence-electron chi connectivity index (χ0n) is 55.5. The van der Waals surface area contributed by atoms with Gasteiger partial charge < -0.3 is 14.2 Å². The van der Waals surface area contributed by atoms with Crippen molar-refractivity contribution in [1.82, 2.24) is 0 Å². The van der Waals surface area contributed by atoms with Crippen LogP contribution in [0.1, 0.15) is 380 Å². The largest absolute Gasteiger partial charge is 0.462 e. The fourth-order valence-corrected chi connectivity index (χ4v) is 10.7. The van der Waals surface area contributed by atoms with E-state index < -0.39 is 6.10 Å². The van der Waals surface area contributed by atoms with E-state index in [-0.39, 0.29) is 31.1 Å². The molecule has 0 radical (unpaired) electrons. The van der Waals surface area contributed by atoms with Crippen LogP contribution in [0.15, 0.2) is 72.9 Å². The number of unbranched alkanes of at least 4 members (excludes halogenated alkanes) is 44. The zero-order valence-corrected chi connectivity index (χ0v) is 55.5. The van der Waals surface area contributed by atoms with Crippen molar-refractivity contribution in [2.24, 2.45) is 0 Å². The molecule has 0 bridgehead atoms. The van der Waals surface area contributed by atoms with Crippen molar-refractivity contribution in [2.45, 2.75) is 386 Å². The molecule has 1 unspecified atom stereocenters. The lowest BCUT2D eigenvalue weighted by atomic mass is 10.0. The third-order valence-electron chi connectivity index (χ3n) is 16.2. The first-order valence-corrected chi connectivity index (χ1v) is 36.4. The number of carbonyl (C=O) groups is 3. The molecule has 0 heterocycles. The van der Waals surface area contributed by atoms with Crippen molar-refractivity contribution in [3.63, 3.8) is 0 Å². The third-order valence-corrected chi connectivity index (χ3v) is 16.2. The van der Waals surface area contributed by atoms with Gasteiger partial charge in [0, 0.05) is 19.3 Å². The van der Waals surface area contributed by atoms with Gasteiger partial charge >= 0.3 is 17.9 Å². The maximum absolute atomic E-state index is 13.0. The lowest BCUT2D eigenvalue weighted by Gasteiger charge is -2.18. The van der Waals surface area contributed by atoms with Gasteiger partial charge in [0.15, 0.2) is 6.10 Å². The lowest BCUT2D eigenvalue weighted by Crippen LogP contribution is -2.30.